The number of carbonyl (C=O) groups is 1. The maximum Gasteiger partial charge on any atom is 0.182 e. The van der Waals surface area contributed by atoms with E-state index in [1.165, 1.54) is 18.1 Å². The van der Waals surface area contributed by atoms with Crippen LogP contribution in [0.25, 0.3) is 23.1 Å². The number of nitrogens with zero attached hydrogens (tertiary/aromatic N) is 1. The first-order valence-corrected chi connectivity index (χ1v) is 19.1. The van der Waals surface area contributed by atoms with Crippen molar-refractivity contribution in [1.29, 1.82) is 0 Å². The first kappa shape index (κ1) is 47.1. The van der Waals surface area contributed by atoms with Gasteiger partial charge in [-0.05, 0) is 92.2 Å². The number of thioether (sulfide) groups is 1. The lowest BCUT2D eigenvalue weighted by Gasteiger charge is -2.21. The molecule has 3 rings (SSSR count). The van der Waals surface area contributed by atoms with E-state index in [1.807, 2.05) is 78.5 Å². The normalized spacial score (nSPS) is 12.1. The van der Waals surface area contributed by atoms with Gasteiger partial charge in [0.05, 0.1) is 11.2 Å². The summed E-state index contributed by atoms with van der Waals surface area (Å²) in [5, 5.41) is 21.6. The molecular formula is C43H67NO3S. The third-order valence-electron chi connectivity index (χ3n) is 7.49. The van der Waals surface area contributed by atoms with Crippen molar-refractivity contribution < 1.29 is 15.0 Å². The maximum atomic E-state index is 10.0. The van der Waals surface area contributed by atoms with Gasteiger partial charge in [0.25, 0.3) is 0 Å². The Kier molecular flexibility index (Phi) is 26.4. The summed E-state index contributed by atoms with van der Waals surface area (Å²) < 4.78 is 0. The van der Waals surface area contributed by atoms with Crippen LogP contribution >= 0.6 is 11.8 Å². The van der Waals surface area contributed by atoms with Crippen LogP contribution in [-0.2, 0) is 4.79 Å². The number of hydrogen-bond donors (Lipinski definition) is 2. The van der Waals surface area contributed by atoms with Crippen molar-refractivity contribution in [2.24, 2.45) is 5.41 Å². The number of aryl methyl sites for hydroxylation is 1. The molecule has 0 amide bonds. The molecule has 5 heteroatoms. The van der Waals surface area contributed by atoms with Crippen molar-refractivity contribution in [2.45, 2.75) is 126 Å². The number of allylic oxidation sites excluding steroid dienone is 3. The Balaban J connectivity index is 0. The van der Waals surface area contributed by atoms with Gasteiger partial charge in [0.2, 0.25) is 0 Å². The van der Waals surface area contributed by atoms with Crippen molar-refractivity contribution in [3.8, 4) is 0 Å². The topological polar surface area (TPSA) is 70.4 Å². The average Bonchev–Trinajstić information content (AvgIpc) is 3.09. The molecule has 0 unspecified atom stereocenters. The van der Waals surface area contributed by atoms with Crippen LogP contribution in [0.5, 0.6) is 0 Å². The molecule has 0 bridgehead atoms. The van der Waals surface area contributed by atoms with E-state index in [4.69, 9.17) is 4.98 Å². The number of fused-ring (bicyclic) bond motifs is 1. The smallest absolute Gasteiger partial charge is 0.182 e. The molecule has 2 aromatic carbocycles. The lowest BCUT2D eigenvalue weighted by Crippen LogP contribution is -2.26. The quantitative estimate of drug-likeness (QED) is 0.107. The lowest BCUT2D eigenvalue weighted by atomic mass is 9.87. The van der Waals surface area contributed by atoms with E-state index in [2.05, 4.69) is 101 Å². The summed E-state index contributed by atoms with van der Waals surface area (Å²) in [6, 6.07) is 19.1. The van der Waals surface area contributed by atoms with E-state index in [0.717, 1.165) is 47.7 Å². The molecular weight excluding hydrogens is 611 g/mol. The average molecular weight is 678 g/mol. The van der Waals surface area contributed by atoms with Crippen LogP contribution in [0, 0.1) is 12.3 Å². The van der Waals surface area contributed by atoms with E-state index in [0.29, 0.717) is 23.7 Å². The zero-order chi connectivity index (χ0) is 37.2. The van der Waals surface area contributed by atoms with Crippen molar-refractivity contribution in [3.05, 3.63) is 101 Å². The van der Waals surface area contributed by atoms with E-state index in [1.54, 1.807) is 0 Å². The van der Waals surface area contributed by atoms with Crippen molar-refractivity contribution in [3.63, 3.8) is 0 Å². The fourth-order valence-corrected chi connectivity index (χ4v) is 5.16. The summed E-state index contributed by atoms with van der Waals surface area (Å²) in [7, 11) is 0. The molecule has 2 N–H and O–H groups in total. The second-order valence-electron chi connectivity index (χ2n) is 11.7. The Labute approximate surface area is 298 Å². The zero-order valence-electron chi connectivity index (χ0n) is 32.4. The Morgan fingerprint density at radius 1 is 0.938 bits per heavy atom. The summed E-state index contributed by atoms with van der Waals surface area (Å²) in [6.45, 7) is 23.7. The first-order chi connectivity index (χ1) is 22.9. The molecule has 4 nitrogen and oxygen atoms in total. The minimum absolute atomic E-state index is 0.224. The van der Waals surface area contributed by atoms with E-state index in [9.17, 15) is 15.0 Å². The van der Waals surface area contributed by atoms with Gasteiger partial charge in [0.15, 0.2) is 5.79 Å². The Hall–Kier alpha value is -2.99. The monoisotopic (exact) mass is 677 g/mol. The van der Waals surface area contributed by atoms with Gasteiger partial charge in [0.1, 0.15) is 6.29 Å². The second kappa shape index (κ2) is 26.9. The highest BCUT2D eigenvalue weighted by molar-refractivity contribution is 7.98. The molecule has 0 radical (unpaired) electrons. The highest BCUT2D eigenvalue weighted by Crippen LogP contribution is 2.34. The SMILES string of the molecule is C/C=C\C=C(/CCC[C@@H](SC)c1cccc(/C=C/c2ccc3ccc(C)cc3n2)c1)C(C)(O)O.CC.CC.CC.CCC(C)(C)CC=O. The highest BCUT2D eigenvalue weighted by Gasteiger charge is 2.21. The summed E-state index contributed by atoms with van der Waals surface area (Å²) >= 11 is 1.83. The van der Waals surface area contributed by atoms with Crippen molar-refractivity contribution >= 4 is 41.1 Å². The third-order valence-corrected chi connectivity index (χ3v) is 8.56. The highest BCUT2D eigenvalue weighted by atomic mass is 32.2. The number of aliphatic hydroxyl groups is 2. The molecule has 3 aromatic rings. The van der Waals surface area contributed by atoms with Gasteiger partial charge in [-0.2, -0.15) is 11.8 Å². The van der Waals surface area contributed by atoms with Gasteiger partial charge in [0, 0.05) is 17.1 Å². The van der Waals surface area contributed by atoms with Gasteiger partial charge < -0.3 is 15.0 Å². The maximum absolute atomic E-state index is 10.0. The third kappa shape index (κ3) is 19.1. The summed E-state index contributed by atoms with van der Waals surface area (Å²) in [6.07, 6.45) is 17.1. The number of aromatic nitrogens is 1. The molecule has 0 saturated carbocycles. The molecule has 0 aliphatic carbocycles. The van der Waals surface area contributed by atoms with Gasteiger partial charge >= 0.3 is 0 Å². The Morgan fingerprint density at radius 2 is 1.58 bits per heavy atom. The molecule has 0 saturated heterocycles. The number of hydrogen-bond acceptors (Lipinski definition) is 5. The number of benzene rings is 2. The van der Waals surface area contributed by atoms with Crippen LogP contribution in [-0.4, -0.2) is 33.5 Å². The van der Waals surface area contributed by atoms with Crippen molar-refractivity contribution in [2.75, 3.05) is 6.26 Å². The largest absolute Gasteiger partial charge is 0.362 e. The molecule has 268 valence electrons. The summed E-state index contributed by atoms with van der Waals surface area (Å²) in [5.74, 6) is -1.78. The zero-order valence-corrected chi connectivity index (χ0v) is 33.2. The minimum atomic E-state index is -1.78. The number of pyridine rings is 1. The molecule has 0 aliphatic heterocycles. The summed E-state index contributed by atoms with van der Waals surface area (Å²) in [5.41, 5.74) is 6.47. The fraction of sp³-hybridized carbons (Fsp3) is 0.488. The molecule has 1 atom stereocenters. The molecule has 0 spiro atoms. The summed E-state index contributed by atoms with van der Waals surface area (Å²) in [4.78, 5) is 14.8. The predicted molar refractivity (Wildman–Crippen MR) is 216 cm³/mol. The van der Waals surface area contributed by atoms with Crippen LogP contribution in [0.3, 0.4) is 0 Å². The first-order valence-electron chi connectivity index (χ1n) is 17.8. The van der Waals surface area contributed by atoms with Crippen LogP contribution in [0.2, 0.25) is 0 Å². The van der Waals surface area contributed by atoms with Gasteiger partial charge in [-0.15, -0.1) is 0 Å². The van der Waals surface area contributed by atoms with E-state index < -0.39 is 5.79 Å². The molecule has 1 aromatic heterocycles. The van der Waals surface area contributed by atoms with Gasteiger partial charge in [-0.25, -0.2) is 4.98 Å². The number of aldehydes is 1. The molecule has 0 fully saturated rings. The van der Waals surface area contributed by atoms with Gasteiger partial charge in [-0.1, -0.05) is 136 Å². The Morgan fingerprint density at radius 3 is 2.12 bits per heavy atom. The molecule has 48 heavy (non-hydrogen) atoms. The van der Waals surface area contributed by atoms with Crippen LogP contribution in [0.15, 0.2) is 78.4 Å². The fourth-order valence-electron chi connectivity index (χ4n) is 4.34. The van der Waals surface area contributed by atoms with Crippen molar-refractivity contribution in [1.82, 2.24) is 4.98 Å². The second-order valence-corrected chi connectivity index (χ2v) is 12.7. The van der Waals surface area contributed by atoms with Crippen LogP contribution in [0.4, 0.5) is 0 Å². The molecule has 0 aliphatic rings. The standard InChI is InChI=1S/C30H35NO2S.C7H14O.3C2H6/c1-5-6-11-26(30(3,32)33)12-8-13-29(34-4)25-10-7-9-23(21-25)15-18-27-19-17-24-16-14-22(2)20-28(24)31-27;1-4-7(2,3)5-6-8;3*1-2/h5-7,9-11,14-21,29,32-33H,8,12-13H2,1-4H3;6H,4-5H2,1-3H3;3*1-2H3/b6-5-,18-15+,26-11+;;;;/t29-;;;;/m1..../s1. The predicted octanol–water partition coefficient (Wildman–Crippen LogP) is 12.6. The minimum Gasteiger partial charge on any atom is -0.362 e. The lowest BCUT2D eigenvalue weighted by molar-refractivity contribution is -0.113. The number of rotatable bonds is 13. The van der Waals surface area contributed by atoms with E-state index >= 15 is 0 Å². The number of carbonyl (C=O) groups excluding carboxylic acids is 1. The van der Waals surface area contributed by atoms with E-state index in [-0.39, 0.29) is 5.41 Å². The van der Waals surface area contributed by atoms with Gasteiger partial charge in [-0.3, -0.25) is 0 Å². The van der Waals surface area contributed by atoms with Crippen LogP contribution in [0.1, 0.15) is 136 Å². The molecule has 1 heterocycles. The van der Waals surface area contributed by atoms with Crippen LogP contribution < -0.4 is 0 Å². The Bertz CT molecular complexity index is 1370.